The minimum absolute atomic E-state index is 0.0265. The van der Waals surface area contributed by atoms with Gasteiger partial charge in [0.1, 0.15) is 6.04 Å². The molecule has 0 aromatic heterocycles. The summed E-state index contributed by atoms with van der Waals surface area (Å²) in [5, 5.41) is 0. The normalized spacial score (nSPS) is 26.4. The Bertz CT molecular complexity index is 885. The second kappa shape index (κ2) is 7.66. The van der Waals surface area contributed by atoms with Gasteiger partial charge < -0.3 is 9.64 Å². The van der Waals surface area contributed by atoms with Crippen LogP contribution in [0.25, 0.3) is 0 Å². The van der Waals surface area contributed by atoms with Crippen LogP contribution < -0.4 is 15.8 Å². The monoisotopic (exact) mass is 443 g/mol. The fourth-order valence-electron chi connectivity index (χ4n) is 4.14. The Kier molecular flexibility index (Phi) is 5.23. The summed E-state index contributed by atoms with van der Waals surface area (Å²) < 4.78 is 6.05. The first kappa shape index (κ1) is 19.1. The van der Waals surface area contributed by atoms with Crippen molar-refractivity contribution < 1.29 is 14.3 Å². The third kappa shape index (κ3) is 3.23. The molecule has 7 heteroatoms. The van der Waals surface area contributed by atoms with E-state index in [2.05, 4.69) is 45.8 Å². The van der Waals surface area contributed by atoms with Crippen molar-refractivity contribution in [1.29, 1.82) is 0 Å². The lowest BCUT2D eigenvalue weighted by molar-refractivity contribution is -0.119. The van der Waals surface area contributed by atoms with Crippen LogP contribution in [0.3, 0.4) is 0 Å². The topological polar surface area (TPSA) is 70.7 Å². The number of ether oxygens (including phenoxy) is 1. The number of halogens is 1. The highest BCUT2D eigenvalue weighted by molar-refractivity contribution is 9.10. The molecule has 2 aliphatic rings. The third-order valence-electron chi connectivity index (χ3n) is 5.44. The number of nitrogens with zero attached hydrogens (tertiary/aromatic N) is 1. The minimum Gasteiger partial charge on any atom is -0.462 e. The summed E-state index contributed by atoms with van der Waals surface area (Å²) in [7, 11) is 0. The Labute approximate surface area is 172 Å². The standard InChI is InChI=1S/C21H22BrN3O3/c1-3-28-21(27)14-6-10-16(11-7-14)25-19(13-4-8-15(22)9-5-13)17-12(2)23-24-18(17)20(25)26/h4-12,17-19,23-24H,3H2,1-2H3. The Morgan fingerprint density at radius 1 is 1.11 bits per heavy atom. The van der Waals surface area contributed by atoms with Gasteiger partial charge in [0.2, 0.25) is 5.91 Å². The number of amides is 1. The van der Waals surface area contributed by atoms with Crippen LogP contribution in [0.4, 0.5) is 5.69 Å². The van der Waals surface area contributed by atoms with Crippen LogP contribution in [0.1, 0.15) is 35.8 Å². The van der Waals surface area contributed by atoms with Crippen molar-refractivity contribution in [1.82, 2.24) is 10.9 Å². The molecule has 0 spiro atoms. The van der Waals surface area contributed by atoms with E-state index in [0.29, 0.717) is 12.2 Å². The summed E-state index contributed by atoms with van der Waals surface area (Å²) in [5.41, 5.74) is 8.69. The largest absolute Gasteiger partial charge is 0.462 e. The van der Waals surface area contributed by atoms with Crippen molar-refractivity contribution in [3.8, 4) is 0 Å². The van der Waals surface area contributed by atoms with Crippen LogP contribution in [0.5, 0.6) is 0 Å². The first-order valence-electron chi connectivity index (χ1n) is 9.38. The number of carbonyl (C=O) groups is 2. The summed E-state index contributed by atoms with van der Waals surface area (Å²) in [6, 6.07) is 14.9. The fourth-order valence-corrected chi connectivity index (χ4v) is 4.40. The summed E-state index contributed by atoms with van der Waals surface area (Å²) in [6.07, 6.45) is 0. The van der Waals surface area contributed by atoms with Gasteiger partial charge in [-0.05, 0) is 55.8 Å². The Balaban J connectivity index is 1.72. The molecule has 2 fully saturated rings. The van der Waals surface area contributed by atoms with E-state index in [1.54, 1.807) is 19.1 Å². The van der Waals surface area contributed by atoms with Gasteiger partial charge in [-0.1, -0.05) is 28.1 Å². The van der Waals surface area contributed by atoms with Gasteiger partial charge in [0.25, 0.3) is 0 Å². The van der Waals surface area contributed by atoms with Gasteiger partial charge in [-0.2, -0.15) is 0 Å². The lowest BCUT2D eigenvalue weighted by Crippen LogP contribution is -2.42. The number of anilines is 1. The van der Waals surface area contributed by atoms with Crippen molar-refractivity contribution >= 4 is 33.5 Å². The predicted octanol–water partition coefficient (Wildman–Crippen LogP) is 3.19. The molecule has 1 amide bonds. The van der Waals surface area contributed by atoms with E-state index >= 15 is 0 Å². The SMILES string of the molecule is CCOC(=O)c1ccc(N2C(=O)C3NNC(C)C3C2c2ccc(Br)cc2)cc1. The van der Waals surface area contributed by atoms with Crippen LogP contribution in [-0.4, -0.2) is 30.6 Å². The van der Waals surface area contributed by atoms with Gasteiger partial charge >= 0.3 is 5.97 Å². The molecule has 146 valence electrons. The molecule has 2 aromatic carbocycles. The minimum atomic E-state index is -0.359. The molecule has 2 aromatic rings. The van der Waals surface area contributed by atoms with Gasteiger partial charge in [0.15, 0.2) is 0 Å². The average Bonchev–Trinajstić information content (AvgIpc) is 3.21. The zero-order valence-electron chi connectivity index (χ0n) is 15.7. The molecule has 6 nitrogen and oxygen atoms in total. The number of hydrazine groups is 1. The van der Waals surface area contributed by atoms with E-state index in [0.717, 1.165) is 15.7 Å². The smallest absolute Gasteiger partial charge is 0.338 e. The fraction of sp³-hybridized carbons (Fsp3) is 0.333. The van der Waals surface area contributed by atoms with Crippen molar-refractivity contribution in [3.05, 3.63) is 64.1 Å². The first-order chi connectivity index (χ1) is 13.5. The summed E-state index contributed by atoms with van der Waals surface area (Å²) >= 11 is 3.48. The van der Waals surface area contributed by atoms with Crippen molar-refractivity contribution in [2.45, 2.75) is 32.0 Å². The maximum atomic E-state index is 13.2. The van der Waals surface area contributed by atoms with E-state index < -0.39 is 0 Å². The molecule has 28 heavy (non-hydrogen) atoms. The Morgan fingerprint density at radius 2 is 1.79 bits per heavy atom. The number of hydrogen-bond donors (Lipinski definition) is 2. The number of rotatable bonds is 4. The second-order valence-electron chi connectivity index (χ2n) is 7.10. The Hall–Kier alpha value is -2.22. The molecule has 2 aliphatic heterocycles. The lowest BCUT2D eigenvalue weighted by atomic mass is 9.87. The number of esters is 1. The van der Waals surface area contributed by atoms with Crippen LogP contribution in [0.2, 0.25) is 0 Å². The molecular formula is C21H22BrN3O3. The van der Waals surface area contributed by atoms with Gasteiger partial charge in [0.05, 0.1) is 18.2 Å². The number of hydrogen-bond acceptors (Lipinski definition) is 5. The highest BCUT2D eigenvalue weighted by atomic mass is 79.9. The van der Waals surface area contributed by atoms with Gasteiger partial charge in [-0.25, -0.2) is 10.2 Å². The number of carbonyl (C=O) groups excluding carboxylic acids is 2. The molecule has 4 atom stereocenters. The van der Waals surface area contributed by atoms with Crippen LogP contribution >= 0.6 is 15.9 Å². The molecule has 0 radical (unpaired) electrons. The highest BCUT2D eigenvalue weighted by Gasteiger charge is 2.54. The zero-order valence-corrected chi connectivity index (χ0v) is 17.3. The zero-order chi connectivity index (χ0) is 19.8. The van der Waals surface area contributed by atoms with Crippen LogP contribution in [0.15, 0.2) is 53.0 Å². The van der Waals surface area contributed by atoms with E-state index in [4.69, 9.17) is 4.74 Å². The quantitative estimate of drug-likeness (QED) is 0.709. The predicted molar refractivity (Wildman–Crippen MR) is 110 cm³/mol. The highest BCUT2D eigenvalue weighted by Crippen LogP contribution is 2.44. The lowest BCUT2D eigenvalue weighted by Gasteiger charge is -2.30. The maximum Gasteiger partial charge on any atom is 0.338 e. The molecule has 0 saturated carbocycles. The van der Waals surface area contributed by atoms with E-state index in [1.165, 1.54) is 0 Å². The van der Waals surface area contributed by atoms with E-state index in [9.17, 15) is 9.59 Å². The van der Waals surface area contributed by atoms with Crippen molar-refractivity contribution in [2.75, 3.05) is 11.5 Å². The average molecular weight is 444 g/mol. The van der Waals surface area contributed by atoms with Gasteiger partial charge in [-0.3, -0.25) is 10.2 Å². The van der Waals surface area contributed by atoms with Crippen LogP contribution in [-0.2, 0) is 9.53 Å². The molecule has 2 saturated heterocycles. The number of fused-ring (bicyclic) bond motifs is 1. The van der Waals surface area contributed by atoms with Gasteiger partial charge in [0, 0.05) is 22.1 Å². The molecular weight excluding hydrogens is 422 g/mol. The van der Waals surface area contributed by atoms with E-state index in [-0.39, 0.29) is 35.9 Å². The maximum absolute atomic E-state index is 13.2. The second-order valence-corrected chi connectivity index (χ2v) is 8.02. The summed E-state index contributed by atoms with van der Waals surface area (Å²) in [5.74, 6) is -0.236. The molecule has 0 aliphatic carbocycles. The molecule has 4 rings (SSSR count). The van der Waals surface area contributed by atoms with Crippen molar-refractivity contribution in [2.24, 2.45) is 5.92 Å². The third-order valence-corrected chi connectivity index (χ3v) is 5.97. The van der Waals surface area contributed by atoms with Crippen LogP contribution in [0, 0.1) is 5.92 Å². The molecule has 2 N–H and O–H groups in total. The molecule has 0 bridgehead atoms. The first-order valence-corrected chi connectivity index (χ1v) is 10.2. The number of benzene rings is 2. The van der Waals surface area contributed by atoms with Crippen molar-refractivity contribution in [3.63, 3.8) is 0 Å². The molecule has 4 unspecified atom stereocenters. The summed E-state index contributed by atoms with van der Waals surface area (Å²) in [6.45, 7) is 4.19. The van der Waals surface area contributed by atoms with E-state index in [1.807, 2.05) is 29.2 Å². The molecule has 2 heterocycles. The van der Waals surface area contributed by atoms with Gasteiger partial charge in [-0.15, -0.1) is 0 Å². The number of nitrogens with one attached hydrogen (secondary N) is 2. The Morgan fingerprint density at radius 3 is 2.43 bits per heavy atom. The summed E-state index contributed by atoms with van der Waals surface area (Å²) in [4.78, 5) is 27.0.